The van der Waals surface area contributed by atoms with Gasteiger partial charge in [-0.3, -0.25) is 14.5 Å². The van der Waals surface area contributed by atoms with Crippen LogP contribution in [0.5, 0.6) is 0 Å². The van der Waals surface area contributed by atoms with Gasteiger partial charge in [0.05, 0.1) is 17.3 Å². The molecule has 1 aliphatic rings. The lowest BCUT2D eigenvalue weighted by Crippen LogP contribution is -2.35. The number of hydrogen-bond donors (Lipinski definition) is 0. The first-order valence-electron chi connectivity index (χ1n) is 8.69. The average molecular weight is 353 g/mol. The standard InChI is InChI=1S/C19H20FN5O/c1-23-18-11-14(12-21-17(18)13-22-23)19(26)25-8-2-7-24(9-10-25)16-5-3-15(20)4-6-16/h3-6,11-13H,2,7-10H2,1H3. The molecule has 0 aliphatic carbocycles. The van der Waals surface area contributed by atoms with Gasteiger partial charge in [0, 0.05) is 45.1 Å². The van der Waals surface area contributed by atoms with E-state index in [-0.39, 0.29) is 11.7 Å². The zero-order chi connectivity index (χ0) is 18.1. The van der Waals surface area contributed by atoms with Crippen LogP contribution < -0.4 is 4.90 Å². The summed E-state index contributed by atoms with van der Waals surface area (Å²) < 4.78 is 14.8. The summed E-state index contributed by atoms with van der Waals surface area (Å²) in [6, 6.07) is 8.36. The minimum atomic E-state index is -0.238. The highest BCUT2D eigenvalue weighted by atomic mass is 19.1. The lowest BCUT2D eigenvalue weighted by Gasteiger charge is -2.23. The van der Waals surface area contributed by atoms with Gasteiger partial charge in [-0.05, 0) is 36.8 Å². The normalized spacial score (nSPS) is 15.3. The van der Waals surface area contributed by atoms with E-state index in [4.69, 9.17) is 0 Å². The molecule has 134 valence electrons. The summed E-state index contributed by atoms with van der Waals surface area (Å²) in [7, 11) is 1.84. The summed E-state index contributed by atoms with van der Waals surface area (Å²) in [6.45, 7) is 2.88. The maximum atomic E-state index is 13.1. The molecule has 0 saturated carbocycles. The SMILES string of the molecule is Cn1ncc2ncc(C(=O)N3CCCN(c4ccc(F)cc4)CC3)cc21. The van der Waals surface area contributed by atoms with Crippen LogP contribution in [0.2, 0.25) is 0 Å². The highest BCUT2D eigenvalue weighted by Crippen LogP contribution is 2.19. The number of nitrogens with zero attached hydrogens (tertiary/aromatic N) is 5. The van der Waals surface area contributed by atoms with Crippen LogP contribution in [-0.2, 0) is 7.05 Å². The second-order valence-electron chi connectivity index (χ2n) is 6.51. The van der Waals surface area contributed by atoms with Gasteiger partial charge in [-0.25, -0.2) is 4.39 Å². The molecular formula is C19H20FN5O. The molecule has 3 aromatic rings. The van der Waals surface area contributed by atoms with E-state index in [1.165, 1.54) is 12.1 Å². The van der Waals surface area contributed by atoms with Crippen LogP contribution in [0.15, 0.2) is 42.7 Å². The molecule has 0 spiro atoms. The number of benzene rings is 1. The third-order valence-corrected chi connectivity index (χ3v) is 4.82. The molecule has 1 saturated heterocycles. The van der Waals surface area contributed by atoms with E-state index < -0.39 is 0 Å². The molecule has 6 nitrogen and oxygen atoms in total. The second-order valence-corrected chi connectivity index (χ2v) is 6.51. The fraction of sp³-hybridized carbons (Fsp3) is 0.316. The van der Waals surface area contributed by atoms with Crippen LogP contribution in [0.25, 0.3) is 11.0 Å². The number of carbonyl (C=O) groups is 1. The molecule has 3 heterocycles. The van der Waals surface area contributed by atoms with E-state index >= 15 is 0 Å². The minimum Gasteiger partial charge on any atom is -0.370 e. The Balaban J connectivity index is 1.49. The smallest absolute Gasteiger partial charge is 0.255 e. The monoisotopic (exact) mass is 353 g/mol. The van der Waals surface area contributed by atoms with Gasteiger partial charge in [0.15, 0.2) is 0 Å². The molecule has 1 fully saturated rings. The molecule has 1 aliphatic heterocycles. The third-order valence-electron chi connectivity index (χ3n) is 4.82. The van der Waals surface area contributed by atoms with Crippen LogP contribution in [0.3, 0.4) is 0 Å². The highest BCUT2D eigenvalue weighted by molar-refractivity contribution is 5.96. The van der Waals surface area contributed by atoms with E-state index in [0.29, 0.717) is 18.7 Å². The number of rotatable bonds is 2. The summed E-state index contributed by atoms with van der Waals surface area (Å²) in [5, 5.41) is 4.17. The Hall–Kier alpha value is -2.96. The number of carbonyl (C=O) groups excluding carboxylic acids is 1. The van der Waals surface area contributed by atoms with E-state index in [1.54, 1.807) is 29.2 Å². The quantitative estimate of drug-likeness (QED) is 0.710. The van der Waals surface area contributed by atoms with Gasteiger partial charge in [-0.1, -0.05) is 0 Å². The summed E-state index contributed by atoms with van der Waals surface area (Å²) in [6.07, 6.45) is 4.18. The van der Waals surface area contributed by atoms with Crippen LogP contribution in [0, 0.1) is 5.82 Å². The molecule has 2 aromatic heterocycles. The fourth-order valence-corrected chi connectivity index (χ4v) is 3.36. The predicted octanol–water partition coefficient (Wildman–Crippen LogP) is 2.46. The van der Waals surface area contributed by atoms with Crippen molar-refractivity contribution >= 4 is 22.6 Å². The Kier molecular flexibility index (Phi) is 4.28. The molecule has 1 aromatic carbocycles. The number of halogens is 1. The summed E-state index contributed by atoms with van der Waals surface area (Å²) in [5.74, 6) is -0.250. The first-order chi connectivity index (χ1) is 12.6. The molecule has 0 atom stereocenters. The van der Waals surface area contributed by atoms with Crippen molar-refractivity contribution in [2.24, 2.45) is 7.05 Å². The van der Waals surface area contributed by atoms with Crippen molar-refractivity contribution in [3.8, 4) is 0 Å². The molecule has 1 amide bonds. The summed E-state index contributed by atoms with van der Waals surface area (Å²) in [5.41, 5.74) is 3.19. The van der Waals surface area contributed by atoms with Gasteiger partial charge in [-0.2, -0.15) is 5.10 Å². The third kappa shape index (κ3) is 3.12. The molecule has 0 bridgehead atoms. The molecule has 0 N–H and O–H groups in total. The first-order valence-corrected chi connectivity index (χ1v) is 8.69. The van der Waals surface area contributed by atoms with Crippen LogP contribution in [-0.4, -0.2) is 51.8 Å². The zero-order valence-corrected chi connectivity index (χ0v) is 14.6. The number of hydrogen-bond acceptors (Lipinski definition) is 4. The van der Waals surface area contributed by atoms with Crippen molar-refractivity contribution in [2.45, 2.75) is 6.42 Å². The first kappa shape index (κ1) is 16.5. The van der Waals surface area contributed by atoms with Crippen LogP contribution in [0.1, 0.15) is 16.8 Å². The zero-order valence-electron chi connectivity index (χ0n) is 14.6. The highest BCUT2D eigenvalue weighted by Gasteiger charge is 2.21. The number of amides is 1. The maximum absolute atomic E-state index is 13.1. The summed E-state index contributed by atoms with van der Waals surface area (Å²) in [4.78, 5) is 21.3. The van der Waals surface area contributed by atoms with Crippen molar-refractivity contribution in [2.75, 3.05) is 31.1 Å². The average Bonchev–Trinajstić information content (AvgIpc) is 2.87. The van der Waals surface area contributed by atoms with Crippen molar-refractivity contribution in [3.63, 3.8) is 0 Å². The number of anilines is 1. The molecule has 0 radical (unpaired) electrons. The van der Waals surface area contributed by atoms with E-state index in [1.807, 2.05) is 18.0 Å². The van der Waals surface area contributed by atoms with Gasteiger partial charge >= 0.3 is 0 Å². The van der Waals surface area contributed by atoms with E-state index in [9.17, 15) is 9.18 Å². The fourth-order valence-electron chi connectivity index (χ4n) is 3.36. The van der Waals surface area contributed by atoms with Crippen molar-refractivity contribution in [3.05, 3.63) is 54.1 Å². The maximum Gasteiger partial charge on any atom is 0.255 e. The van der Waals surface area contributed by atoms with E-state index in [0.717, 1.165) is 36.2 Å². The van der Waals surface area contributed by atoms with Crippen LogP contribution >= 0.6 is 0 Å². The Bertz CT molecular complexity index is 937. The van der Waals surface area contributed by atoms with E-state index in [2.05, 4.69) is 15.0 Å². The number of aryl methyl sites for hydroxylation is 1. The molecule has 4 rings (SSSR count). The minimum absolute atomic E-state index is 0.0124. The van der Waals surface area contributed by atoms with Gasteiger partial charge < -0.3 is 9.80 Å². The Morgan fingerprint density at radius 3 is 2.69 bits per heavy atom. The number of pyridine rings is 1. The topological polar surface area (TPSA) is 54.3 Å². The molecule has 7 heteroatoms. The van der Waals surface area contributed by atoms with Crippen molar-refractivity contribution < 1.29 is 9.18 Å². The Morgan fingerprint density at radius 1 is 1.08 bits per heavy atom. The van der Waals surface area contributed by atoms with Crippen LogP contribution in [0.4, 0.5) is 10.1 Å². The van der Waals surface area contributed by atoms with Crippen molar-refractivity contribution in [1.82, 2.24) is 19.7 Å². The molecular weight excluding hydrogens is 333 g/mol. The summed E-state index contributed by atoms with van der Waals surface area (Å²) >= 11 is 0. The molecule has 0 unspecified atom stereocenters. The lowest BCUT2D eigenvalue weighted by atomic mass is 10.2. The number of aromatic nitrogens is 3. The van der Waals surface area contributed by atoms with Gasteiger partial charge in [0.25, 0.3) is 5.91 Å². The van der Waals surface area contributed by atoms with Crippen molar-refractivity contribution in [1.29, 1.82) is 0 Å². The van der Waals surface area contributed by atoms with Gasteiger partial charge in [0.2, 0.25) is 0 Å². The largest absolute Gasteiger partial charge is 0.370 e. The lowest BCUT2D eigenvalue weighted by molar-refractivity contribution is 0.0767. The predicted molar refractivity (Wildman–Crippen MR) is 97.6 cm³/mol. The van der Waals surface area contributed by atoms with Gasteiger partial charge in [-0.15, -0.1) is 0 Å². The Morgan fingerprint density at radius 2 is 1.88 bits per heavy atom. The number of fused-ring (bicyclic) bond motifs is 1. The molecule has 26 heavy (non-hydrogen) atoms. The Labute approximate surface area is 150 Å². The second kappa shape index (κ2) is 6.74. The van der Waals surface area contributed by atoms with Gasteiger partial charge in [0.1, 0.15) is 11.3 Å².